The smallest absolute Gasteiger partial charge is 0.305 e. The second-order valence-corrected chi connectivity index (χ2v) is 26.3. The lowest BCUT2D eigenvalue weighted by Gasteiger charge is -2.20. The summed E-state index contributed by atoms with van der Waals surface area (Å²) in [6.45, 7) is 4.95. The van der Waals surface area contributed by atoms with E-state index in [-0.39, 0.29) is 18.5 Å². The number of hydrogen-bond acceptors (Lipinski definition) is 5. The van der Waals surface area contributed by atoms with E-state index >= 15 is 0 Å². The van der Waals surface area contributed by atoms with E-state index in [2.05, 4.69) is 43.5 Å². The van der Waals surface area contributed by atoms with Gasteiger partial charge in [0.2, 0.25) is 5.91 Å². The number of aliphatic hydroxyl groups is 2. The van der Waals surface area contributed by atoms with Gasteiger partial charge in [0, 0.05) is 12.8 Å². The Balaban J connectivity index is 3.40. The van der Waals surface area contributed by atoms with Crippen molar-refractivity contribution in [1.29, 1.82) is 0 Å². The number of nitrogens with one attached hydrogen (secondary N) is 1. The van der Waals surface area contributed by atoms with Crippen LogP contribution in [-0.4, -0.2) is 47.4 Å². The highest BCUT2D eigenvalue weighted by atomic mass is 16.5. The van der Waals surface area contributed by atoms with Gasteiger partial charge in [-0.15, -0.1) is 0 Å². The molecule has 0 saturated carbocycles. The van der Waals surface area contributed by atoms with Gasteiger partial charge in [0.25, 0.3) is 0 Å². The standard InChI is InChI=1S/C78H149NO5/c1-3-5-7-9-11-13-15-17-19-21-34-38-42-46-50-54-58-62-66-70-76(81)75(74-80)79-77(82)71-67-63-59-55-51-47-43-39-36-32-30-28-26-24-23-25-27-29-31-33-37-41-45-49-53-57-61-65-69-73-84-78(83)72-68-64-60-56-52-48-44-40-35-22-20-18-16-14-12-10-8-6-4-2/h23,25,29,31,66,70,75-76,80-81H,3-22,24,26-28,30,32-65,67-69,71-74H2,1-2H3,(H,79,82)/b25-23-,31-29-,70-66+. The molecule has 0 saturated heterocycles. The molecule has 1 amide bonds. The molecule has 0 aliphatic heterocycles. The van der Waals surface area contributed by atoms with Gasteiger partial charge in [0.1, 0.15) is 0 Å². The summed E-state index contributed by atoms with van der Waals surface area (Å²) in [5.41, 5.74) is 0. The molecule has 0 spiro atoms. The van der Waals surface area contributed by atoms with Crippen LogP contribution in [0, 0.1) is 0 Å². The van der Waals surface area contributed by atoms with Gasteiger partial charge in [-0.05, 0) is 64.2 Å². The lowest BCUT2D eigenvalue weighted by atomic mass is 10.0. The van der Waals surface area contributed by atoms with Gasteiger partial charge in [-0.3, -0.25) is 9.59 Å². The van der Waals surface area contributed by atoms with Crippen molar-refractivity contribution in [3.63, 3.8) is 0 Å². The van der Waals surface area contributed by atoms with Gasteiger partial charge >= 0.3 is 5.97 Å². The summed E-state index contributed by atoms with van der Waals surface area (Å²) in [4.78, 5) is 24.6. The molecule has 6 heteroatoms. The minimum absolute atomic E-state index is 0.0172. The topological polar surface area (TPSA) is 95.9 Å². The molecule has 0 aliphatic rings. The molecule has 84 heavy (non-hydrogen) atoms. The van der Waals surface area contributed by atoms with Crippen LogP contribution in [0.15, 0.2) is 36.5 Å². The zero-order valence-electron chi connectivity index (χ0n) is 56.9. The fraction of sp³-hybridized carbons (Fsp3) is 0.897. The van der Waals surface area contributed by atoms with Gasteiger partial charge < -0.3 is 20.3 Å². The predicted octanol–water partition coefficient (Wildman–Crippen LogP) is 25.0. The summed E-state index contributed by atoms with van der Waals surface area (Å²) >= 11 is 0. The molecule has 3 N–H and O–H groups in total. The number of carbonyl (C=O) groups excluding carboxylic acids is 2. The third kappa shape index (κ3) is 69.2. The number of esters is 1. The largest absolute Gasteiger partial charge is 0.466 e. The highest BCUT2D eigenvalue weighted by molar-refractivity contribution is 5.76. The van der Waals surface area contributed by atoms with E-state index in [0.29, 0.717) is 19.4 Å². The molecule has 2 unspecified atom stereocenters. The summed E-state index contributed by atoms with van der Waals surface area (Å²) in [5.74, 6) is -0.0482. The zero-order valence-corrected chi connectivity index (χ0v) is 56.9. The first-order valence-corrected chi connectivity index (χ1v) is 38.3. The molecule has 496 valence electrons. The molecule has 0 aromatic heterocycles. The van der Waals surface area contributed by atoms with Crippen LogP contribution in [0.4, 0.5) is 0 Å². The minimum atomic E-state index is -0.846. The molecule has 0 bridgehead atoms. The quantitative estimate of drug-likeness (QED) is 0.0320. The van der Waals surface area contributed by atoms with E-state index in [1.165, 1.54) is 353 Å². The summed E-state index contributed by atoms with van der Waals surface area (Å²) < 4.78 is 5.51. The minimum Gasteiger partial charge on any atom is -0.466 e. The Labute approximate surface area is 525 Å². The predicted molar refractivity (Wildman–Crippen MR) is 370 cm³/mol. The first kappa shape index (κ1) is 82.1. The van der Waals surface area contributed by atoms with E-state index in [1.54, 1.807) is 6.08 Å². The lowest BCUT2D eigenvalue weighted by Crippen LogP contribution is -2.45. The van der Waals surface area contributed by atoms with Gasteiger partial charge in [0.05, 0.1) is 25.4 Å². The average molecular weight is 1180 g/mol. The number of ether oxygens (including phenoxy) is 1. The van der Waals surface area contributed by atoms with Crippen molar-refractivity contribution in [2.75, 3.05) is 13.2 Å². The number of carbonyl (C=O) groups is 2. The third-order valence-corrected chi connectivity index (χ3v) is 17.9. The highest BCUT2D eigenvalue weighted by Gasteiger charge is 2.18. The highest BCUT2D eigenvalue weighted by Crippen LogP contribution is 2.19. The van der Waals surface area contributed by atoms with Crippen LogP contribution in [0.2, 0.25) is 0 Å². The van der Waals surface area contributed by atoms with E-state index in [9.17, 15) is 19.8 Å². The molecule has 0 radical (unpaired) electrons. The van der Waals surface area contributed by atoms with Crippen LogP contribution in [0.5, 0.6) is 0 Å². The van der Waals surface area contributed by atoms with E-state index in [4.69, 9.17) is 4.74 Å². The number of amides is 1. The third-order valence-electron chi connectivity index (χ3n) is 17.9. The molecular weight excluding hydrogens is 1030 g/mol. The monoisotopic (exact) mass is 1180 g/mol. The van der Waals surface area contributed by atoms with Crippen molar-refractivity contribution >= 4 is 11.9 Å². The number of unbranched alkanes of at least 4 members (excludes halogenated alkanes) is 57. The molecule has 6 nitrogen and oxygen atoms in total. The fourth-order valence-corrected chi connectivity index (χ4v) is 12.1. The van der Waals surface area contributed by atoms with Gasteiger partial charge in [0.15, 0.2) is 0 Å². The molecule has 0 fully saturated rings. The van der Waals surface area contributed by atoms with Crippen molar-refractivity contribution in [2.45, 2.75) is 437 Å². The zero-order chi connectivity index (χ0) is 60.6. The molecular formula is C78H149NO5. The molecule has 0 aromatic rings. The fourth-order valence-electron chi connectivity index (χ4n) is 12.1. The Bertz CT molecular complexity index is 1360. The van der Waals surface area contributed by atoms with Crippen LogP contribution < -0.4 is 5.32 Å². The number of aliphatic hydroxyl groups excluding tert-OH is 2. The normalized spacial score (nSPS) is 12.7. The molecule has 0 aliphatic carbocycles. The van der Waals surface area contributed by atoms with Crippen molar-refractivity contribution in [3.05, 3.63) is 36.5 Å². The first-order chi connectivity index (χ1) is 41.5. The van der Waals surface area contributed by atoms with Crippen molar-refractivity contribution < 1.29 is 24.5 Å². The Morgan fingerprint density at radius 3 is 0.905 bits per heavy atom. The summed E-state index contributed by atoms with van der Waals surface area (Å²) in [5, 5.41) is 23.2. The number of rotatable bonds is 72. The van der Waals surface area contributed by atoms with Crippen molar-refractivity contribution in [2.24, 2.45) is 0 Å². The Morgan fingerprint density at radius 1 is 0.333 bits per heavy atom. The van der Waals surface area contributed by atoms with Crippen LogP contribution >= 0.6 is 0 Å². The van der Waals surface area contributed by atoms with Gasteiger partial charge in [-0.1, -0.05) is 384 Å². The van der Waals surface area contributed by atoms with Gasteiger partial charge in [-0.25, -0.2) is 0 Å². The maximum absolute atomic E-state index is 12.5. The number of hydrogen-bond donors (Lipinski definition) is 3. The maximum Gasteiger partial charge on any atom is 0.305 e. The first-order valence-electron chi connectivity index (χ1n) is 38.3. The average Bonchev–Trinajstić information content (AvgIpc) is 3.51. The van der Waals surface area contributed by atoms with Crippen LogP contribution in [-0.2, 0) is 14.3 Å². The summed E-state index contributed by atoms with van der Waals surface area (Å²) in [6.07, 6.45) is 95.3. The summed E-state index contributed by atoms with van der Waals surface area (Å²) in [7, 11) is 0. The van der Waals surface area contributed by atoms with E-state index < -0.39 is 12.1 Å². The molecule has 0 aromatic carbocycles. The second kappa shape index (κ2) is 73.5. The van der Waals surface area contributed by atoms with Crippen LogP contribution in [0.3, 0.4) is 0 Å². The van der Waals surface area contributed by atoms with Crippen LogP contribution in [0.1, 0.15) is 425 Å². The Kier molecular flexibility index (Phi) is 71.9. The number of allylic oxidation sites excluding steroid dienone is 5. The van der Waals surface area contributed by atoms with Crippen molar-refractivity contribution in [1.82, 2.24) is 5.32 Å². The molecule has 0 rings (SSSR count). The van der Waals surface area contributed by atoms with E-state index in [0.717, 1.165) is 44.9 Å². The van der Waals surface area contributed by atoms with E-state index in [1.807, 2.05) is 6.08 Å². The second-order valence-electron chi connectivity index (χ2n) is 26.3. The molecule has 2 atom stereocenters. The summed E-state index contributed by atoms with van der Waals surface area (Å²) in [6, 6.07) is -0.630. The molecule has 0 heterocycles. The van der Waals surface area contributed by atoms with Crippen molar-refractivity contribution in [3.8, 4) is 0 Å². The van der Waals surface area contributed by atoms with Crippen LogP contribution in [0.25, 0.3) is 0 Å². The SMILES string of the molecule is CCCCCCCCCCCCCCCCCCC/C=C/C(O)C(CO)NC(=O)CCCCCCCCCCCCCCC/C=C\C/C=C\CCCCCCCCCCCOC(=O)CCCCCCCCCCCCCCCCCCCCC. The lowest BCUT2D eigenvalue weighted by molar-refractivity contribution is -0.143. The maximum atomic E-state index is 12.5. The Morgan fingerprint density at radius 2 is 0.595 bits per heavy atom. The Hall–Kier alpha value is -1.92. The van der Waals surface area contributed by atoms with Gasteiger partial charge in [-0.2, -0.15) is 0 Å².